The van der Waals surface area contributed by atoms with E-state index in [1.165, 1.54) is 0 Å². The minimum absolute atomic E-state index is 0.00724. The Balaban J connectivity index is 1.34. The first kappa shape index (κ1) is 23.8. The largest absolute Gasteiger partial charge is 0.496 e. The molecule has 1 saturated heterocycles. The lowest BCUT2D eigenvalue weighted by Crippen LogP contribution is -2.61. The number of carbonyl (C=O) groups is 2. The van der Waals surface area contributed by atoms with Crippen molar-refractivity contribution in [1.29, 1.82) is 0 Å². The van der Waals surface area contributed by atoms with E-state index in [1.807, 2.05) is 49.7 Å². The number of likely N-dealkylation sites (tertiary alicyclic amines) is 1. The summed E-state index contributed by atoms with van der Waals surface area (Å²) in [7, 11) is 5.06. The molecule has 190 valence electrons. The van der Waals surface area contributed by atoms with Crippen molar-refractivity contribution in [2.24, 2.45) is 7.05 Å². The Labute approximate surface area is 209 Å². The third-order valence-corrected chi connectivity index (χ3v) is 6.85. The van der Waals surface area contributed by atoms with Crippen molar-refractivity contribution in [3.05, 3.63) is 47.7 Å². The lowest BCUT2D eigenvalue weighted by molar-refractivity contribution is -0.0248. The second kappa shape index (κ2) is 8.96. The molecule has 0 aliphatic carbocycles. The smallest absolute Gasteiger partial charge is 0.270 e. The highest BCUT2D eigenvalue weighted by Gasteiger charge is 2.43. The molecule has 0 saturated carbocycles. The predicted molar refractivity (Wildman–Crippen MR) is 134 cm³/mol. The summed E-state index contributed by atoms with van der Waals surface area (Å²) in [6.07, 6.45) is 0.961. The second-order valence-electron chi connectivity index (χ2n) is 9.49. The molecule has 2 aliphatic heterocycles. The fraction of sp³-hybridized carbons (Fsp3) is 0.407. The van der Waals surface area contributed by atoms with Gasteiger partial charge < -0.3 is 33.7 Å². The summed E-state index contributed by atoms with van der Waals surface area (Å²) < 4.78 is 24.9. The summed E-state index contributed by atoms with van der Waals surface area (Å²) >= 11 is 0. The van der Waals surface area contributed by atoms with Crippen molar-refractivity contribution >= 4 is 22.7 Å². The first-order valence-corrected chi connectivity index (χ1v) is 12.1. The monoisotopic (exact) mass is 493 g/mol. The van der Waals surface area contributed by atoms with Crippen molar-refractivity contribution in [3.8, 4) is 23.0 Å². The lowest BCUT2D eigenvalue weighted by Gasteiger charge is -2.44. The van der Waals surface area contributed by atoms with E-state index < -0.39 is 5.72 Å². The zero-order chi connectivity index (χ0) is 25.6. The molecule has 9 nitrogen and oxygen atoms in total. The number of aromatic nitrogens is 1. The van der Waals surface area contributed by atoms with Gasteiger partial charge in [0.25, 0.3) is 11.8 Å². The van der Waals surface area contributed by atoms with Crippen LogP contribution in [0.15, 0.2) is 36.4 Å². The fourth-order valence-electron chi connectivity index (χ4n) is 5.05. The molecule has 0 atom stereocenters. The van der Waals surface area contributed by atoms with Gasteiger partial charge in [0.1, 0.15) is 28.7 Å². The number of benzene rings is 2. The number of hydrogen-bond acceptors (Lipinski definition) is 6. The third-order valence-electron chi connectivity index (χ3n) is 6.85. The third kappa shape index (κ3) is 3.98. The van der Waals surface area contributed by atoms with Gasteiger partial charge in [-0.25, -0.2) is 0 Å². The molecule has 5 rings (SSSR count). The Morgan fingerprint density at radius 2 is 1.75 bits per heavy atom. The fourth-order valence-corrected chi connectivity index (χ4v) is 5.05. The van der Waals surface area contributed by atoms with Gasteiger partial charge in [-0.2, -0.15) is 0 Å². The predicted octanol–water partition coefficient (Wildman–Crippen LogP) is 3.74. The van der Waals surface area contributed by atoms with Crippen molar-refractivity contribution in [2.75, 3.05) is 27.3 Å². The van der Waals surface area contributed by atoms with Crippen molar-refractivity contribution in [1.82, 2.24) is 14.8 Å². The van der Waals surface area contributed by atoms with E-state index in [1.54, 1.807) is 31.3 Å². The van der Waals surface area contributed by atoms with Gasteiger partial charge in [0.05, 0.1) is 31.4 Å². The average molecular weight is 494 g/mol. The zero-order valence-electron chi connectivity index (χ0n) is 21.2. The highest BCUT2D eigenvalue weighted by atomic mass is 16.5. The summed E-state index contributed by atoms with van der Waals surface area (Å²) in [5, 5.41) is 3.85. The molecule has 0 unspecified atom stereocenters. The number of ether oxygens (including phenoxy) is 4. The van der Waals surface area contributed by atoms with Gasteiger partial charge >= 0.3 is 0 Å². The van der Waals surface area contributed by atoms with Crippen LogP contribution in [0.25, 0.3) is 10.9 Å². The molecular weight excluding hydrogens is 462 g/mol. The van der Waals surface area contributed by atoms with Crippen LogP contribution < -0.4 is 24.3 Å². The van der Waals surface area contributed by atoms with Gasteiger partial charge in [-0.3, -0.25) is 9.59 Å². The van der Waals surface area contributed by atoms with Gasteiger partial charge in [-0.1, -0.05) is 0 Å². The molecule has 9 heteroatoms. The highest BCUT2D eigenvalue weighted by Crippen LogP contribution is 2.38. The minimum Gasteiger partial charge on any atom is -0.496 e. The van der Waals surface area contributed by atoms with Crippen LogP contribution in [0, 0.1) is 0 Å². The number of fused-ring (bicyclic) bond motifs is 2. The van der Waals surface area contributed by atoms with Crippen molar-refractivity contribution in [3.63, 3.8) is 0 Å². The molecule has 3 aromatic rings. The normalized spacial score (nSPS) is 16.5. The second-order valence-corrected chi connectivity index (χ2v) is 9.49. The molecule has 0 bridgehead atoms. The number of methoxy groups -OCH3 is 2. The van der Waals surface area contributed by atoms with Gasteiger partial charge in [-0.15, -0.1) is 0 Å². The number of carbonyl (C=O) groups excluding carboxylic acids is 2. The summed E-state index contributed by atoms with van der Waals surface area (Å²) in [5.41, 5.74) is 0.956. The summed E-state index contributed by atoms with van der Waals surface area (Å²) in [6.45, 7) is 4.76. The van der Waals surface area contributed by atoms with Crippen LogP contribution in [0.3, 0.4) is 0 Å². The van der Waals surface area contributed by atoms with Crippen LogP contribution in [0.4, 0.5) is 0 Å². The first-order chi connectivity index (χ1) is 17.2. The zero-order valence-corrected chi connectivity index (χ0v) is 21.2. The minimum atomic E-state index is -0.841. The van der Waals surface area contributed by atoms with E-state index in [0.29, 0.717) is 60.2 Å². The maximum atomic E-state index is 13.5. The van der Waals surface area contributed by atoms with Crippen LogP contribution in [-0.4, -0.2) is 60.4 Å². The van der Waals surface area contributed by atoms with Gasteiger partial charge in [0, 0.05) is 38.4 Å². The van der Waals surface area contributed by atoms with E-state index in [0.717, 1.165) is 10.9 Å². The summed E-state index contributed by atoms with van der Waals surface area (Å²) in [6, 6.07) is 10.8. The number of piperidine rings is 1. The molecule has 1 spiro atoms. The van der Waals surface area contributed by atoms with Crippen LogP contribution in [-0.2, 0) is 7.05 Å². The Bertz CT molecular complexity index is 1340. The molecule has 1 fully saturated rings. The molecule has 2 amide bonds. The van der Waals surface area contributed by atoms with E-state index in [4.69, 9.17) is 18.9 Å². The van der Waals surface area contributed by atoms with Crippen LogP contribution in [0.5, 0.6) is 23.0 Å². The summed E-state index contributed by atoms with van der Waals surface area (Å²) in [4.78, 5) is 28.3. The van der Waals surface area contributed by atoms with Crippen molar-refractivity contribution in [2.45, 2.75) is 38.5 Å². The Kier molecular flexibility index (Phi) is 5.94. The first-order valence-electron chi connectivity index (χ1n) is 12.1. The highest BCUT2D eigenvalue weighted by molar-refractivity contribution is 6.02. The molecule has 1 N–H and O–H groups in total. The number of hydrogen-bond donors (Lipinski definition) is 1. The molecule has 36 heavy (non-hydrogen) atoms. The maximum Gasteiger partial charge on any atom is 0.270 e. The Morgan fingerprint density at radius 3 is 2.42 bits per heavy atom. The standard InChI is InChI=1S/C27H31N3O6/c1-16(2)35-17-6-7-22-19(14-17)25(31)28-27(36-22)10-12-30(13-11-27)26(32)20-15-18-21(33-4)8-9-23(34-5)24(18)29(20)3/h6-9,14-16H,10-13H2,1-5H3,(H,28,31). The van der Waals surface area contributed by atoms with E-state index in [2.05, 4.69) is 5.32 Å². The molecule has 1 aromatic heterocycles. The van der Waals surface area contributed by atoms with E-state index >= 15 is 0 Å². The molecule has 2 aromatic carbocycles. The number of nitrogens with one attached hydrogen (secondary N) is 1. The van der Waals surface area contributed by atoms with E-state index in [9.17, 15) is 9.59 Å². The maximum absolute atomic E-state index is 13.5. The quantitative estimate of drug-likeness (QED) is 0.582. The molecular formula is C27H31N3O6. The van der Waals surface area contributed by atoms with Gasteiger partial charge in [0.2, 0.25) is 0 Å². The Hall–Kier alpha value is -3.88. The van der Waals surface area contributed by atoms with Gasteiger partial charge in [0.15, 0.2) is 5.72 Å². The molecule has 2 aliphatic rings. The van der Waals surface area contributed by atoms with Crippen LogP contribution in [0.2, 0.25) is 0 Å². The number of aryl methyl sites for hydroxylation is 1. The number of rotatable bonds is 5. The Morgan fingerprint density at radius 1 is 1.06 bits per heavy atom. The SMILES string of the molecule is COc1ccc(OC)c2c1cc(C(=O)N1CCC3(CC1)NC(=O)c1cc(OC(C)C)ccc1O3)n2C. The van der Waals surface area contributed by atoms with E-state index in [-0.39, 0.29) is 17.9 Å². The van der Waals surface area contributed by atoms with Crippen LogP contribution in [0.1, 0.15) is 47.5 Å². The van der Waals surface area contributed by atoms with Crippen LogP contribution >= 0.6 is 0 Å². The number of amides is 2. The summed E-state index contributed by atoms with van der Waals surface area (Å²) in [5.74, 6) is 2.22. The number of nitrogens with zero attached hydrogens (tertiary/aromatic N) is 2. The topological polar surface area (TPSA) is 91.3 Å². The molecule has 3 heterocycles. The van der Waals surface area contributed by atoms with Crippen molar-refractivity contribution < 1.29 is 28.5 Å². The van der Waals surface area contributed by atoms with Gasteiger partial charge in [-0.05, 0) is 50.2 Å². The molecule has 0 radical (unpaired) electrons. The average Bonchev–Trinajstić information content (AvgIpc) is 3.21. The lowest BCUT2D eigenvalue weighted by atomic mass is 9.96.